The van der Waals surface area contributed by atoms with E-state index in [0.29, 0.717) is 36.5 Å². The highest BCUT2D eigenvalue weighted by molar-refractivity contribution is 9.10. The highest BCUT2D eigenvalue weighted by atomic mass is 79.9. The molecule has 1 unspecified atom stereocenters. The van der Waals surface area contributed by atoms with Gasteiger partial charge in [0.15, 0.2) is 0 Å². The fourth-order valence-electron chi connectivity index (χ4n) is 1.96. The SMILES string of the molecule is CC(Nc1ccc(Br)c(F)c1)C(=O)N1CCOCC1. The first-order chi connectivity index (χ1) is 9.08. The van der Waals surface area contributed by atoms with Crippen LogP contribution >= 0.6 is 15.9 Å². The van der Waals surface area contributed by atoms with Crippen LogP contribution in [0.2, 0.25) is 0 Å². The lowest BCUT2D eigenvalue weighted by Crippen LogP contribution is -2.47. The molecule has 0 spiro atoms. The third-order valence-electron chi connectivity index (χ3n) is 3.00. The van der Waals surface area contributed by atoms with E-state index in [2.05, 4.69) is 21.2 Å². The van der Waals surface area contributed by atoms with Crippen molar-refractivity contribution in [2.45, 2.75) is 13.0 Å². The Morgan fingerprint density at radius 3 is 2.79 bits per heavy atom. The number of nitrogens with zero attached hydrogens (tertiary/aromatic N) is 1. The number of hydrogen-bond donors (Lipinski definition) is 1. The van der Waals surface area contributed by atoms with Gasteiger partial charge in [-0.15, -0.1) is 0 Å². The van der Waals surface area contributed by atoms with Gasteiger partial charge in [-0.3, -0.25) is 4.79 Å². The van der Waals surface area contributed by atoms with E-state index in [9.17, 15) is 9.18 Å². The van der Waals surface area contributed by atoms with Gasteiger partial charge >= 0.3 is 0 Å². The van der Waals surface area contributed by atoms with Gasteiger partial charge < -0.3 is 15.0 Å². The van der Waals surface area contributed by atoms with Crippen LogP contribution in [0.3, 0.4) is 0 Å². The van der Waals surface area contributed by atoms with Gasteiger partial charge in [0, 0.05) is 18.8 Å². The number of hydrogen-bond acceptors (Lipinski definition) is 3. The zero-order valence-corrected chi connectivity index (χ0v) is 12.2. The molecule has 2 rings (SSSR count). The molecule has 19 heavy (non-hydrogen) atoms. The summed E-state index contributed by atoms with van der Waals surface area (Å²) < 4.78 is 19.0. The molecule has 1 fully saturated rings. The largest absolute Gasteiger partial charge is 0.378 e. The van der Waals surface area contributed by atoms with Crippen molar-refractivity contribution < 1.29 is 13.9 Å². The van der Waals surface area contributed by atoms with Crippen LogP contribution in [-0.2, 0) is 9.53 Å². The zero-order chi connectivity index (χ0) is 13.8. The average Bonchev–Trinajstić information content (AvgIpc) is 2.43. The Kier molecular flexibility index (Phi) is 4.76. The van der Waals surface area contributed by atoms with Gasteiger partial charge in [0.2, 0.25) is 5.91 Å². The summed E-state index contributed by atoms with van der Waals surface area (Å²) in [5.74, 6) is -0.345. The third kappa shape index (κ3) is 3.67. The van der Waals surface area contributed by atoms with Crippen molar-refractivity contribution in [2.75, 3.05) is 31.6 Å². The number of carbonyl (C=O) groups is 1. The first kappa shape index (κ1) is 14.3. The summed E-state index contributed by atoms with van der Waals surface area (Å²) >= 11 is 3.10. The van der Waals surface area contributed by atoms with Crippen molar-refractivity contribution in [2.24, 2.45) is 0 Å². The van der Waals surface area contributed by atoms with Gasteiger partial charge in [-0.05, 0) is 41.1 Å². The average molecular weight is 331 g/mol. The third-order valence-corrected chi connectivity index (χ3v) is 3.64. The minimum atomic E-state index is -0.390. The molecule has 104 valence electrons. The second-order valence-electron chi connectivity index (χ2n) is 4.43. The molecule has 0 bridgehead atoms. The molecule has 0 saturated carbocycles. The first-order valence-electron chi connectivity index (χ1n) is 6.16. The minimum Gasteiger partial charge on any atom is -0.378 e. The second kappa shape index (κ2) is 6.34. The first-order valence-corrected chi connectivity index (χ1v) is 6.95. The Hall–Kier alpha value is -1.14. The topological polar surface area (TPSA) is 41.6 Å². The maximum absolute atomic E-state index is 13.4. The molecule has 0 aliphatic carbocycles. The van der Waals surface area contributed by atoms with E-state index in [1.807, 2.05) is 0 Å². The molecule has 1 aliphatic heterocycles. The lowest BCUT2D eigenvalue weighted by Gasteiger charge is -2.29. The Bertz CT molecular complexity index is 464. The number of benzene rings is 1. The van der Waals surface area contributed by atoms with Crippen molar-refractivity contribution in [3.8, 4) is 0 Å². The zero-order valence-electron chi connectivity index (χ0n) is 10.7. The number of morpholine rings is 1. The number of anilines is 1. The van der Waals surface area contributed by atoms with Gasteiger partial charge in [-0.25, -0.2) is 4.39 Å². The van der Waals surface area contributed by atoms with Crippen LogP contribution in [0, 0.1) is 5.82 Å². The highest BCUT2D eigenvalue weighted by Gasteiger charge is 2.22. The molecule has 1 aromatic carbocycles. The van der Waals surface area contributed by atoms with Crippen LogP contribution < -0.4 is 5.32 Å². The van der Waals surface area contributed by atoms with E-state index >= 15 is 0 Å². The fourth-order valence-corrected chi connectivity index (χ4v) is 2.20. The Morgan fingerprint density at radius 2 is 2.16 bits per heavy atom. The number of rotatable bonds is 3. The molecule has 4 nitrogen and oxygen atoms in total. The minimum absolute atomic E-state index is 0.00614. The molecule has 1 N–H and O–H groups in total. The molecular formula is C13H16BrFN2O2. The predicted octanol–water partition coefficient (Wildman–Crippen LogP) is 2.25. The van der Waals surface area contributed by atoms with Crippen LogP contribution in [-0.4, -0.2) is 43.2 Å². The van der Waals surface area contributed by atoms with E-state index in [-0.39, 0.29) is 11.7 Å². The van der Waals surface area contributed by atoms with Crippen LogP contribution in [0.15, 0.2) is 22.7 Å². The summed E-state index contributed by atoms with van der Waals surface area (Å²) in [7, 11) is 0. The van der Waals surface area contributed by atoms with Crippen molar-refractivity contribution in [1.29, 1.82) is 0 Å². The van der Waals surface area contributed by atoms with Crippen LogP contribution in [0.1, 0.15) is 6.92 Å². The maximum Gasteiger partial charge on any atom is 0.244 e. The summed E-state index contributed by atoms with van der Waals surface area (Å²) in [4.78, 5) is 13.9. The van der Waals surface area contributed by atoms with Gasteiger partial charge in [0.25, 0.3) is 0 Å². The van der Waals surface area contributed by atoms with Gasteiger partial charge in [-0.1, -0.05) is 0 Å². The normalized spacial score (nSPS) is 17.1. The van der Waals surface area contributed by atoms with E-state index in [0.717, 1.165) is 0 Å². The lowest BCUT2D eigenvalue weighted by atomic mass is 10.2. The number of halogens is 2. The van der Waals surface area contributed by atoms with Crippen LogP contribution in [0.4, 0.5) is 10.1 Å². The van der Waals surface area contributed by atoms with Crippen LogP contribution in [0.5, 0.6) is 0 Å². The Labute approximate surface area is 120 Å². The van der Waals surface area contributed by atoms with E-state index in [1.165, 1.54) is 6.07 Å². The van der Waals surface area contributed by atoms with Gasteiger partial charge in [0.05, 0.1) is 17.7 Å². The van der Waals surface area contributed by atoms with E-state index in [4.69, 9.17) is 4.74 Å². The van der Waals surface area contributed by atoms with E-state index in [1.54, 1.807) is 24.0 Å². The van der Waals surface area contributed by atoms with Crippen molar-refractivity contribution in [3.63, 3.8) is 0 Å². The molecule has 0 aromatic heterocycles. The number of ether oxygens (including phenoxy) is 1. The molecule has 1 heterocycles. The molecule has 1 amide bonds. The standard InChI is InChI=1S/C13H16BrFN2O2/c1-9(13(18)17-4-6-19-7-5-17)16-10-2-3-11(14)12(15)8-10/h2-3,8-9,16H,4-7H2,1H3. The molecule has 1 aromatic rings. The molecular weight excluding hydrogens is 315 g/mol. The summed E-state index contributed by atoms with van der Waals surface area (Å²) in [6.07, 6.45) is 0. The van der Waals surface area contributed by atoms with Crippen LogP contribution in [0.25, 0.3) is 0 Å². The second-order valence-corrected chi connectivity index (χ2v) is 5.29. The summed E-state index contributed by atoms with van der Waals surface area (Å²) in [6, 6.07) is 4.33. The summed E-state index contributed by atoms with van der Waals surface area (Å²) in [6.45, 7) is 4.15. The van der Waals surface area contributed by atoms with Crippen molar-refractivity contribution in [1.82, 2.24) is 4.90 Å². The molecule has 1 atom stereocenters. The lowest BCUT2D eigenvalue weighted by molar-refractivity contribution is -0.135. The summed E-state index contributed by atoms with van der Waals surface area (Å²) in [5, 5.41) is 3.01. The maximum atomic E-state index is 13.4. The quantitative estimate of drug-likeness (QED) is 0.924. The van der Waals surface area contributed by atoms with Gasteiger partial charge in [-0.2, -0.15) is 0 Å². The monoisotopic (exact) mass is 330 g/mol. The molecule has 0 radical (unpaired) electrons. The molecule has 1 aliphatic rings. The Balaban J connectivity index is 1.97. The highest BCUT2D eigenvalue weighted by Crippen LogP contribution is 2.20. The number of amides is 1. The number of carbonyl (C=O) groups excluding carboxylic acids is 1. The predicted molar refractivity (Wildman–Crippen MR) is 74.6 cm³/mol. The number of nitrogens with one attached hydrogen (secondary N) is 1. The van der Waals surface area contributed by atoms with E-state index < -0.39 is 6.04 Å². The molecule has 6 heteroatoms. The smallest absolute Gasteiger partial charge is 0.244 e. The fraction of sp³-hybridized carbons (Fsp3) is 0.462. The molecule has 1 saturated heterocycles. The van der Waals surface area contributed by atoms with Crippen molar-refractivity contribution in [3.05, 3.63) is 28.5 Å². The van der Waals surface area contributed by atoms with Crippen molar-refractivity contribution >= 4 is 27.5 Å². The van der Waals surface area contributed by atoms with Gasteiger partial charge in [0.1, 0.15) is 11.9 Å². The Morgan fingerprint density at radius 1 is 1.47 bits per heavy atom. The summed E-state index contributed by atoms with van der Waals surface area (Å²) in [5.41, 5.74) is 0.592.